The van der Waals surface area contributed by atoms with E-state index in [4.69, 9.17) is 4.74 Å². The molecule has 0 aliphatic carbocycles. The first-order chi connectivity index (χ1) is 14.8. The quantitative estimate of drug-likeness (QED) is 0.605. The number of carbonyl (C=O) groups excluding carboxylic acids is 1. The summed E-state index contributed by atoms with van der Waals surface area (Å²) in [6.45, 7) is 4.60. The number of benzene rings is 2. The van der Waals surface area contributed by atoms with Gasteiger partial charge in [-0.1, -0.05) is 18.2 Å². The number of thiophene rings is 1. The molecule has 162 valence electrons. The van der Waals surface area contributed by atoms with Crippen molar-refractivity contribution in [2.24, 2.45) is 0 Å². The molecule has 0 fully saturated rings. The number of ether oxygens (including phenoxy) is 1. The predicted octanol–water partition coefficient (Wildman–Crippen LogP) is 4.13. The Morgan fingerprint density at radius 1 is 1.10 bits per heavy atom. The number of hydrogen-bond donors (Lipinski definition) is 1. The van der Waals surface area contributed by atoms with Crippen LogP contribution in [0.4, 0.5) is 5.69 Å². The summed E-state index contributed by atoms with van der Waals surface area (Å²) in [6.07, 6.45) is 0.643. The molecule has 31 heavy (non-hydrogen) atoms. The first kappa shape index (κ1) is 21.5. The van der Waals surface area contributed by atoms with Gasteiger partial charge in [-0.25, -0.2) is 8.42 Å². The van der Waals surface area contributed by atoms with Crippen LogP contribution in [0.15, 0.2) is 58.1 Å². The first-order valence-electron chi connectivity index (χ1n) is 9.98. The highest BCUT2D eigenvalue weighted by molar-refractivity contribution is 7.91. The van der Waals surface area contributed by atoms with Crippen molar-refractivity contribution < 1.29 is 17.9 Å². The second-order valence-electron chi connectivity index (χ2n) is 7.66. The lowest BCUT2D eigenvalue weighted by atomic mass is 10.0. The van der Waals surface area contributed by atoms with Crippen LogP contribution in [0.3, 0.4) is 0 Å². The molecule has 0 saturated heterocycles. The highest BCUT2D eigenvalue weighted by atomic mass is 32.2. The number of sulfonamides is 1. The Balaban J connectivity index is 1.42. The van der Waals surface area contributed by atoms with Crippen LogP contribution in [-0.2, 0) is 27.8 Å². The Morgan fingerprint density at radius 2 is 1.87 bits per heavy atom. The zero-order valence-corrected chi connectivity index (χ0v) is 19.1. The van der Waals surface area contributed by atoms with Gasteiger partial charge >= 0.3 is 0 Å². The fraction of sp³-hybridized carbons (Fsp3) is 0.261. The molecule has 0 bridgehead atoms. The standard InChI is InChI=1S/C23H24N2O4S2/c1-16-10-17(2)12-21(11-16)29-15-22(26)24-20-6-5-18-7-8-25(14-19(18)13-20)31(27,28)23-4-3-9-30-23/h3-6,9-13H,7-8,14-15H2,1-2H3,(H,24,26). The third kappa shape index (κ3) is 4.98. The average Bonchev–Trinajstić information content (AvgIpc) is 3.27. The number of anilines is 1. The van der Waals surface area contributed by atoms with Crippen molar-refractivity contribution in [3.05, 3.63) is 76.2 Å². The normalized spacial score (nSPS) is 14.1. The summed E-state index contributed by atoms with van der Waals surface area (Å²) in [4.78, 5) is 12.4. The number of nitrogens with zero attached hydrogens (tertiary/aromatic N) is 1. The molecule has 0 spiro atoms. The highest BCUT2D eigenvalue weighted by Crippen LogP contribution is 2.28. The van der Waals surface area contributed by atoms with Crippen LogP contribution in [0.1, 0.15) is 22.3 Å². The number of amides is 1. The third-order valence-electron chi connectivity index (χ3n) is 5.12. The van der Waals surface area contributed by atoms with E-state index in [2.05, 4.69) is 5.32 Å². The van der Waals surface area contributed by atoms with Gasteiger partial charge in [-0.2, -0.15) is 4.31 Å². The molecule has 1 aliphatic heterocycles. The smallest absolute Gasteiger partial charge is 0.262 e. The van der Waals surface area contributed by atoms with Crippen LogP contribution in [0.2, 0.25) is 0 Å². The van der Waals surface area contributed by atoms with Crippen molar-refractivity contribution in [1.82, 2.24) is 4.31 Å². The molecular formula is C23H24N2O4S2. The van der Waals surface area contributed by atoms with Gasteiger partial charge in [0.15, 0.2) is 6.61 Å². The van der Waals surface area contributed by atoms with Gasteiger partial charge in [0.05, 0.1) is 0 Å². The Bertz CT molecular complexity index is 1180. The number of aryl methyl sites for hydroxylation is 2. The second-order valence-corrected chi connectivity index (χ2v) is 10.8. The topological polar surface area (TPSA) is 75.7 Å². The van der Waals surface area contributed by atoms with Gasteiger partial charge in [0, 0.05) is 18.8 Å². The summed E-state index contributed by atoms with van der Waals surface area (Å²) in [6, 6.07) is 14.8. The van der Waals surface area contributed by atoms with E-state index in [0.717, 1.165) is 22.3 Å². The number of carbonyl (C=O) groups is 1. The molecule has 0 atom stereocenters. The van der Waals surface area contributed by atoms with Gasteiger partial charge in [-0.3, -0.25) is 4.79 Å². The maximum Gasteiger partial charge on any atom is 0.262 e. The maximum absolute atomic E-state index is 12.8. The van der Waals surface area contributed by atoms with Crippen LogP contribution >= 0.6 is 11.3 Å². The van der Waals surface area contributed by atoms with Crippen molar-refractivity contribution in [1.29, 1.82) is 0 Å². The summed E-state index contributed by atoms with van der Waals surface area (Å²) < 4.78 is 33.1. The summed E-state index contributed by atoms with van der Waals surface area (Å²) in [5.74, 6) is 0.394. The van der Waals surface area contributed by atoms with E-state index in [9.17, 15) is 13.2 Å². The predicted molar refractivity (Wildman–Crippen MR) is 122 cm³/mol. The van der Waals surface area contributed by atoms with Gasteiger partial charge in [-0.15, -0.1) is 11.3 Å². The fourth-order valence-corrected chi connectivity index (χ4v) is 6.28. The minimum absolute atomic E-state index is 0.0984. The van der Waals surface area contributed by atoms with Gasteiger partial charge in [-0.05, 0) is 78.2 Å². The van der Waals surface area contributed by atoms with E-state index >= 15 is 0 Å². The molecule has 8 heteroatoms. The summed E-state index contributed by atoms with van der Waals surface area (Å²) in [5.41, 5.74) is 4.78. The van der Waals surface area contributed by atoms with Gasteiger partial charge in [0.25, 0.3) is 15.9 Å². The van der Waals surface area contributed by atoms with Crippen molar-refractivity contribution in [2.75, 3.05) is 18.5 Å². The molecular weight excluding hydrogens is 432 g/mol. The van der Waals surface area contributed by atoms with Crippen LogP contribution in [-0.4, -0.2) is 31.8 Å². The summed E-state index contributed by atoms with van der Waals surface area (Å²) in [5, 5.41) is 4.61. The van der Waals surface area contributed by atoms with E-state index in [0.29, 0.717) is 35.2 Å². The maximum atomic E-state index is 12.8. The lowest BCUT2D eigenvalue weighted by Gasteiger charge is -2.28. The van der Waals surface area contributed by atoms with E-state index < -0.39 is 10.0 Å². The van der Waals surface area contributed by atoms with E-state index in [1.54, 1.807) is 17.5 Å². The lowest BCUT2D eigenvalue weighted by Crippen LogP contribution is -2.35. The van der Waals surface area contributed by atoms with Crippen LogP contribution in [0.5, 0.6) is 5.75 Å². The third-order valence-corrected chi connectivity index (χ3v) is 8.34. The molecule has 1 aromatic heterocycles. The molecule has 1 aliphatic rings. The number of fused-ring (bicyclic) bond motifs is 1. The minimum atomic E-state index is -3.50. The Kier molecular flexibility index (Phi) is 6.13. The molecule has 1 amide bonds. The number of hydrogen-bond acceptors (Lipinski definition) is 5. The zero-order chi connectivity index (χ0) is 22.0. The number of nitrogens with one attached hydrogen (secondary N) is 1. The molecule has 0 radical (unpaired) electrons. The Hall–Kier alpha value is -2.68. The minimum Gasteiger partial charge on any atom is -0.484 e. The van der Waals surface area contributed by atoms with Crippen molar-refractivity contribution in [2.45, 2.75) is 31.0 Å². The average molecular weight is 457 g/mol. The Labute approximate surface area is 186 Å². The fourth-order valence-electron chi connectivity index (χ4n) is 3.71. The largest absolute Gasteiger partial charge is 0.484 e. The molecule has 2 aromatic carbocycles. The molecule has 3 aromatic rings. The van der Waals surface area contributed by atoms with Crippen molar-refractivity contribution in [3.63, 3.8) is 0 Å². The van der Waals surface area contributed by atoms with Crippen molar-refractivity contribution >= 4 is 33.0 Å². The van der Waals surface area contributed by atoms with E-state index in [-0.39, 0.29) is 12.5 Å². The SMILES string of the molecule is Cc1cc(C)cc(OCC(=O)Nc2ccc3c(c2)CN(S(=O)(=O)c2cccs2)CC3)c1. The van der Waals surface area contributed by atoms with Crippen LogP contribution < -0.4 is 10.1 Å². The molecule has 1 N–H and O–H groups in total. The lowest BCUT2D eigenvalue weighted by molar-refractivity contribution is -0.118. The van der Waals surface area contributed by atoms with Gasteiger partial charge in [0.1, 0.15) is 9.96 Å². The molecule has 4 rings (SSSR count). The first-order valence-corrected chi connectivity index (χ1v) is 12.3. The number of rotatable bonds is 6. The van der Waals surface area contributed by atoms with Crippen LogP contribution in [0, 0.1) is 13.8 Å². The second kappa shape index (κ2) is 8.82. The monoisotopic (exact) mass is 456 g/mol. The molecule has 0 saturated carbocycles. The summed E-state index contributed by atoms with van der Waals surface area (Å²) in [7, 11) is -3.50. The van der Waals surface area contributed by atoms with Gasteiger partial charge in [0.2, 0.25) is 0 Å². The van der Waals surface area contributed by atoms with E-state index in [1.165, 1.54) is 15.6 Å². The van der Waals surface area contributed by atoms with Gasteiger partial charge < -0.3 is 10.1 Å². The molecule has 6 nitrogen and oxygen atoms in total. The molecule has 2 heterocycles. The Morgan fingerprint density at radius 3 is 2.58 bits per heavy atom. The van der Waals surface area contributed by atoms with Crippen molar-refractivity contribution in [3.8, 4) is 5.75 Å². The van der Waals surface area contributed by atoms with E-state index in [1.807, 2.05) is 50.2 Å². The summed E-state index contributed by atoms with van der Waals surface area (Å²) >= 11 is 1.22. The zero-order valence-electron chi connectivity index (χ0n) is 17.4. The molecule has 0 unspecified atom stereocenters. The highest BCUT2D eigenvalue weighted by Gasteiger charge is 2.29. The van der Waals surface area contributed by atoms with Crippen LogP contribution in [0.25, 0.3) is 0 Å².